The summed E-state index contributed by atoms with van der Waals surface area (Å²) in [6.07, 6.45) is 5.27. The summed E-state index contributed by atoms with van der Waals surface area (Å²) in [6, 6.07) is 7.46. The normalized spacial score (nSPS) is 15.0. The molecule has 0 heterocycles. The van der Waals surface area contributed by atoms with Gasteiger partial charge in [0, 0.05) is 12.5 Å². The molecule has 1 unspecified atom stereocenters. The van der Waals surface area contributed by atoms with Crippen LogP contribution in [0.15, 0.2) is 24.3 Å². The Balaban J connectivity index is 1.53. The average Bonchev–Trinajstić information content (AvgIpc) is 3.32. The van der Waals surface area contributed by atoms with Crippen LogP contribution >= 0.6 is 0 Å². The lowest BCUT2D eigenvalue weighted by atomic mass is 10.1. The number of hydrogen-bond donors (Lipinski definition) is 2. The van der Waals surface area contributed by atoms with Gasteiger partial charge < -0.3 is 15.2 Å². The Hall–Kier alpha value is -2.04. The Kier molecular flexibility index (Phi) is 6.44. The van der Waals surface area contributed by atoms with Crippen molar-refractivity contribution in [1.82, 2.24) is 5.32 Å². The molecule has 23 heavy (non-hydrogen) atoms. The summed E-state index contributed by atoms with van der Waals surface area (Å²) in [5.74, 6) is -0.238. The highest BCUT2D eigenvalue weighted by molar-refractivity contribution is 5.83. The Morgan fingerprint density at radius 3 is 2.57 bits per heavy atom. The topological polar surface area (TPSA) is 75.6 Å². The summed E-state index contributed by atoms with van der Waals surface area (Å²) in [4.78, 5) is 23.4. The van der Waals surface area contributed by atoms with Crippen LogP contribution < -0.4 is 5.32 Å². The fourth-order valence-electron chi connectivity index (χ4n) is 2.29. The molecule has 0 saturated heterocycles. The predicted octanol–water partition coefficient (Wildman–Crippen LogP) is 2.71. The summed E-state index contributed by atoms with van der Waals surface area (Å²) < 4.78 is 5.14. The largest absolute Gasteiger partial charge is 0.508 e. The molecule has 5 nitrogen and oxygen atoms in total. The zero-order valence-electron chi connectivity index (χ0n) is 13.6. The Morgan fingerprint density at radius 2 is 1.91 bits per heavy atom. The van der Waals surface area contributed by atoms with E-state index in [9.17, 15) is 14.7 Å². The molecule has 2 rings (SSSR count). The van der Waals surface area contributed by atoms with Crippen LogP contribution in [0.25, 0.3) is 0 Å². The second kappa shape index (κ2) is 8.56. The van der Waals surface area contributed by atoms with E-state index in [1.165, 1.54) is 5.56 Å². The first-order valence-corrected chi connectivity index (χ1v) is 8.32. The van der Waals surface area contributed by atoms with E-state index in [2.05, 4.69) is 5.32 Å². The predicted molar refractivity (Wildman–Crippen MR) is 87.0 cm³/mol. The monoisotopic (exact) mass is 319 g/mol. The van der Waals surface area contributed by atoms with E-state index < -0.39 is 6.10 Å². The number of carbonyl (C=O) groups excluding carboxylic acids is 2. The van der Waals surface area contributed by atoms with E-state index in [0.717, 1.165) is 38.5 Å². The molecular formula is C18H25NO4. The number of hydrogen-bond acceptors (Lipinski definition) is 4. The quantitative estimate of drug-likeness (QED) is 0.542. The van der Waals surface area contributed by atoms with Crippen molar-refractivity contribution in [3.05, 3.63) is 29.8 Å². The standard InChI is InChI=1S/C18H25NO4/c1-13(18(22)19-15-9-10-15)23-17(21)6-4-2-3-5-14-7-11-16(20)12-8-14/h7-8,11-13,15,20H,2-6,9-10H2,1H3,(H,19,22). The maximum atomic E-state index is 11.7. The molecule has 0 aromatic heterocycles. The summed E-state index contributed by atoms with van der Waals surface area (Å²) in [5.41, 5.74) is 1.18. The molecule has 1 amide bonds. The average molecular weight is 319 g/mol. The highest BCUT2D eigenvalue weighted by atomic mass is 16.5. The Labute approximate surface area is 137 Å². The number of carbonyl (C=O) groups is 2. The molecule has 0 spiro atoms. The maximum Gasteiger partial charge on any atom is 0.306 e. The lowest BCUT2D eigenvalue weighted by Crippen LogP contribution is -2.37. The lowest BCUT2D eigenvalue weighted by molar-refractivity contribution is -0.155. The van der Waals surface area contributed by atoms with Gasteiger partial charge in [-0.1, -0.05) is 18.6 Å². The summed E-state index contributed by atoms with van der Waals surface area (Å²) in [7, 11) is 0. The molecule has 126 valence electrons. The van der Waals surface area contributed by atoms with Crippen LogP contribution in [0.1, 0.15) is 51.0 Å². The molecule has 2 N–H and O–H groups in total. The molecule has 1 aliphatic rings. The van der Waals surface area contributed by atoms with E-state index >= 15 is 0 Å². The van der Waals surface area contributed by atoms with Gasteiger partial charge in [-0.25, -0.2) is 0 Å². The van der Waals surface area contributed by atoms with Crippen LogP contribution in [0.3, 0.4) is 0 Å². The number of aryl methyl sites for hydroxylation is 1. The number of benzene rings is 1. The fraction of sp³-hybridized carbons (Fsp3) is 0.556. The third-order valence-corrected chi connectivity index (χ3v) is 3.88. The third kappa shape index (κ3) is 6.72. The minimum atomic E-state index is -0.708. The Bertz CT molecular complexity index is 522. The molecule has 0 aliphatic heterocycles. The number of ether oxygens (including phenoxy) is 1. The van der Waals surface area contributed by atoms with E-state index in [4.69, 9.17) is 4.74 Å². The van der Waals surface area contributed by atoms with Crippen molar-refractivity contribution in [2.24, 2.45) is 0 Å². The van der Waals surface area contributed by atoms with E-state index in [-0.39, 0.29) is 23.7 Å². The van der Waals surface area contributed by atoms with Crippen LogP contribution in [0.2, 0.25) is 0 Å². The van der Waals surface area contributed by atoms with Gasteiger partial charge in [-0.3, -0.25) is 9.59 Å². The molecule has 1 aliphatic carbocycles. The van der Waals surface area contributed by atoms with Crippen molar-refractivity contribution in [2.45, 2.75) is 64.0 Å². The molecule has 0 radical (unpaired) electrons. The maximum absolute atomic E-state index is 11.7. The van der Waals surface area contributed by atoms with Crippen molar-refractivity contribution in [3.8, 4) is 5.75 Å². The van der Waals surface area contributed by atoms with Gasteiger partial charge in [0.1, 0.15) is 5.75 Å². The molecule has 0 bridgehead atoms. The van der Waals surface area contributed by atoms with Crippen LogP contribution in [0.5, 0.6) is 5.75 Å². The molecule has 1 aromatic rings. The van der Waals surface area contributed by atoms with Crippen LogP contribution in [-0.4, -0.2) is 29.1 Å². The molecule has 1 fully saturated rings. The van der Waals surface area contributed by atoms with Gasteiger partial charge in [-0.05, 0) is 56.7 Å². The minimum Gasteiger partial charge on any atom is -0.508 e. The van der Waals surface area contributed by atoms with Gasteiger partial charge in [0.05, 0.1) is 0 Å². The molecule has 1 aromatic carbocycles. The highest BCUT2D eigenvalue weighted by Crippen LogP contribution is 2.19. The lowest BCUT2D eigenvalue weighted by Gasteiger charge is -2.13. The van der Waals surface area contributed by atoms with E-state index in [1.54, 1.807) is 19.1 Å². The van der Waals surface area contributed by atoms with Crippen molar-refractivity contribution < 1.29 is 19.4 Å². The summed E-state index contributed by atoms with van der Waals surface area (Å²) in [5, 5.41) is 12.0. The van der Waals surface area contributed by atoms with Crippen molar-refractivity contribution >= 4 is 11.9 Å². The van der Waals surface area contributed by atoms with Crippen molar-refractivity contribution in [1.29, 1.82) is 0 Å². The zero-order valence-corrected chi connectivity index (χ0v) is 13.6. The number of aromatic hydroxyl groups is 1. The van der Waals surface area contributed by atoms with E-state index in [0.29, 0.717) is 6.42 Å². The second-order valence-corrected chi connectivity index (χ2v) is 6.14. The van der Waals surface area contributed by atoms with E-state index in [1.807, 2.05) is 12.1 Å². The van der Waals surface area contributed by atoms with Gasteiger partial charge in [-0.2, -0.15) is 0 Å². The molecule has 1 atom stereocenters. The first-order valence-electron chi connectivity index (χ1n) is 8.32. The number of phenolic OH excluding ortho intramolecular Hbond substituents is 1. The van der Waals surface area contributed by atoms with Gasteiger partial charge >= 0.3 is 5.97 Å². The zero-order chi connectivity index (χ0) is 16.7. The summed E-state index contributed by atoms with van der Waals surface area (Å²) in [6.45, 7) is 1.61. The van der Waals surface area contributed by atoms with Gasteiger partial charge in [-0.15, -0.1) is 0 Å². The number of unbranched alkanes of at least 4 members (excludes halogenated alkanes) is 2. The van der Waals surface area contributed by atoms with Gasteiger partial charge in [0.25, 0.3) is 5.91 Å². The van der Waals surface area contributed by atoms with Gasteiger partial charge in [0.2, 0.25) is 0 Å². The second-order valence-electron chi connectivity index (χ2n) is 6.14. The third-order valence-electron chi connectivity index (χ3n) is 3.88. The summed E-state index contributed by atoms with van der Waals surface area (Å²) >= 11 is 0. The number of rotatable bonds is 9. The molecule has 5 heteroatoms. The molecule has 1 saturated carbocycles. The Morgan fingerprint density at radius 1 is 1.22 bits per heavy atom. The number of amides is 1. The first kappa shape index (κ1) is 17.3. The first-order chi connectivity index (χ1) is 11.0. The van der Waals surface area contributed by atoms with Crippen molar-refractivity contribution in [3.63, 3.8) is 0 Å². The number of esters is 1. The smallest absolute Gasteiger partial charge is 0.306 e. The minimum absolute atomic E-state index is 0.201. The number of phenols is 1. The highest BCUT2D eigenvalue weighted by Gasteiger charge is 2.26. The number of nitrogens with one attached hydrogen (secondary N) is 1. The van der Waals surface area contributed by atoms with Crippen molar-refractivity contribution in [2.75, 3.05) is 0 Å². The fourth-order valence-corrected chi connectivity index (χ4v) is 2.29. The van der Waals surface area contributed by atoms with Gasteiger partial charge in [0.15, 0.2) is 6.10 Å². The molecular weight excluding hydrogens is 294 g/mol. The van der Waals surface area contributed by atoms with Crippen LogP contribution in [-0.2, 0) is 20.7 Å². The SMILES string of the molecule is CC(OC(=O)CCCCCc1ccc(O)cc1)C(=O)NC1CC1. The van der Waals surface area contributed by atoms with Crippen LogP contribution in [0.4, 0.5) is 0 Å². The van der Waals surface area contributed by atoms with Crippen LogP contribution in [0, 0.1) is 0 Å².